The summed E-state index contributed by atoms with van der Waals surface area (Å²) in [6.45, 7) is -1.41. The first-order valence-electron chi connectivity index (χ1n) is 12.5. The zero-order valence-electron chi connectivity index (χ0n) is 21.0. The van der Waals surface area contributed by atoms with Crippen molar-refractivity contribution in [1.29, 1.82) is 0 Å². The number of halogens is 4. The van der Waals surface area contributed by atoms with Gasteiger partial charge in [0.05, 0.1) is 34.4 Å². The number of esters is 1. The van der Waals surface area contributed by atoms with E-state index in [0.717, 1.165) is 25.1 Å². The molecular formula is C28H26Cl2F2N2O5. The number of benzene rings is 2. The Labute approximate surface area is 234 Å². The Morgan fingerprint density at radius 1 is 1.13 bits per heavy atom. The zero-order valence-corrected chi connectivity index (χ0v) is 22.6. The van der Waals surface area contributed by atoms with Crippen LogP contribution in [0.3, 0.4) is 0 Å². The molecule has 0 N–H and O–H groups in total. The van der Waals surface area contributed by atoms with E-state index in [2.05, 4.69) is 9.72 Å². The molecule has 3 aromatic rings. The molecule has 7 nitrogen and oxygen atoms in total. The number of rotatable bonds is 10. The summed E-state index contributed by atoms with van der Waals surface area (Å²) in [7, 11) is 1.95. The summed E-state index contributed by atoms with van der Waals surface area (Å²) in [5.41, 5.74) is 2.18. The van der Waals surface area contributed by atoms with Crippen LogP contribution in [0.2, 0.25) is 10.0 Å². The molecule has 2 aromatic carbocycles. The third-order valence-electron chi connectivity index (χ3n) is 6.61. The van der Waals surface area contributed by atoms with Crippen LogP contribution in [0.1, 0.15) is 40.4 Å². The number of carbonyl (C=O) groups excluding carboxylic acids is 1. The van der Waals surface area contributed by atoms with Gasteiger partial charge in [-0.15, -0.1) is 0 Å². The maximum absolute atomic E-state index is 13.4. The Bertz CT molecular complexity index is 1340. The smallest absolute Gasteiger partial charge is 0.387 e. The number of fused-ring (bicyclic) bond motifs is 1. The van der Waals surface area contributed by atoms with Crippen LogP contribution in [0, 0.1) is 5.92 Å². The summed E-state index contributed by atoms with van der Waals surface area (Å²) in [5, 5.41) is 0.605. The van der Waals surface area contributed by atoms with Crippen LogP contribution in [-0.2, 0) is 11.2 Å². The first-order chi connectivity index (χ1) is 18.8. The van der Waals surface area contributed by atoms with Crippen molar-refractivity contribution in [3.63, 3.8) is 0 Å². The second-order valence-corrected chi connectivity index (χ2v) is 10.3. The topological polar surface area (TPSA) is 70.1 Å². The number of likely N-dealkylation sites (N-methyl/N-ethyl adjacent to an activating group) is 1. The van der Waals surface area contributed by atoms with Crippen molar-refractivity contribution in [3.05, 3.63) is 75.5 Å². The lowest BCUT2D eigenvalue weighted by atomic mass is 10.0. The molecule has 1 aliphatic heterocycles. The lowest BCUT2D eigenvalue weighted by Crippen LogP contribution is -2.29. The molecule has 0 spiro atoms. The van der Waals surface area contributed by atoms with Crippen molar-refractivity contribution in [2.45, 2.75) is 32.0 Å². The van der Waals surface area contributed by atoms with Crippen LogP contribution in [0.25, 0.3) is 0 Å². The van der Waals surface area contributed by atoms with E-state index in [1.54, 1.807) is 30.3 Å². The van der Waals surface area contributed by atoms with E-state index in [1.807, 2.05) is 11.9 Å². The molecule has 1 unspecified atom stereocenters. The van der Waals surface area contributed by atoms with Crippen LogP contribution >= 0.6 is 23.2 Å². The number of ether oxygens (including phenoxy) is 4. The molecule has 1 aromatic heterocycles. The Hall–Kier alpha value is -3.30. The van der Waals surface area contributed by atoms with Crippen LogP contribution in [0.4, 0.5) is 14.5 Å². The van der Waals surface area contributed by atoms with Crippen molar-refractivity contribution >= 4 is 34.9 Å². The standard InChI is InChI=1S/C28H26Cl2F2N2O5/c1-34-8-9-36-25-11-18(4-6-22(25)34)27(35)38-24(12-19-20(29)13-33-14-21(19)30)17-5-7-23(39-28(31)32)26(10-17)37-15-16-2-3-16/h4-7,10-11,13-14,16,24,28H,2-3,8-9,12,15H2,1H3. The molecular weight excluding hydrogens is 553 g/mol. The van der Waals surface area contributed by atoms with Gasteiger partial charge in [0, 0.05) is 25.9 Å². The summed E-state index contributed by atoms with van der Waals surface area (Å²) < 4.78 is 48.3. The summed E-state index contributed by atoms with van der Waals surface area (Å²) in [6, 6.07) is 9.58. The van der Waals surface area contributed by atoms with Gasteiger partial charge >= 0.3 is 12.6 Å². The van der Waals surface area contributed by atoms with Crippen molar-refractivity contribution in [2.75, 3.05) is 31.7 Å². The minimum absolute atomic E-state index is 0.101. The number of anilines is 1. The Kier molecular flexibility index (Phi) is 8.28. The molecule has 1 atom stereocenters. The Balaban J connectivity index is 1.47. The number of aromatic nitrogens is 1. The van der Waals surface area contributed by atoms with Crippen LogP contribution in [0.15, 0.2) is 48.8 Å². The van der Waals surface area contributed by atoms with Gasteiger partial charge in [-0.2, -0.15) is 8.78 Å². The second kappa shape index (κ2) is 11.8. The highest BCUT2D eigenvalue weighted by Gasteiger charge is 2.27. The number of hydrogen-bond donors (Lipinski definition) is 0. The van der Waals surface area contributed by atoms with Gasteiger partial charge in [-0.25, -0.2) is 4.79 Å². The highest BCUT2D eigenvalue weighted by Crippen LogP contribution is 2.38. The minimum atomic E-state index is -3.02. The van der Waals surface area contributed by atoms with Gasteiger partial charge in [0.15, 0.2) is 11.5 Å². The van der Waals surface area contributed by atoms with Gasteiger partial charge in [0.1, 0.15) is 18.5 Å². The summed E-state index contributed by atoms with van der Waals surface area (Å²) in [5.74, 6) is 0.392. The van der Waals surface area contributed by atoms with Crippen LogP contribution in [0.5, 0.6) is 17.2 Å². The highest BCUT2D eigenvalue weighted by molar-refractivity contribution is 6.35. The fourth-order valence-electron chi connectivity index (χ4n) is 4.25. The average molecular weight is 579 g/mol. The van der Waals surface area contributed by atoms with Crippen molar-refractivity contribution in [2.24, 2.45) is 5.92 Å². The van der Waals surface area contributed by atoms with E-state index in [1.165, 1.54) is 18.5 Å². The molecule has 0 saturated heterocycles. The van der Waals surface area contributed by atoms with E-state index < -0.39 is 18.7 Å². The summed E-state index contributed by atoms with van der Waals surface area (Å²) in [4.78, 5) is 19.4. The molecule has 11 heteroatoms. The molecule has 39 heavy (non-hydrogen) atoms. The van der Waals surface area contributed by atoms with E-state index in [4.69, 9.17) is 37.4 Å². The number of nitrogens with zero attached hydrogens (tertiary/aromatic N) is 2. The maximum Gasteiger partial charge on any atom is 0.387 e. The van der Waals surface area contributed by atoms with E-state index in [9.17, 15) is 13.6 Å². The average Bonchev–Trinajstić information content (AvgIpc) is 3.74. The number of hydrogen-bond acceptors (Lipinski definition) is 7. The Morgan fingerprint density at radius 3 is 2.62 bits per heavy atom. The fraction of sp³-hybridized carbons (Fsp3) is 0.357. The zero-order chi connectivity index (χ0) is 27.5. The second-order valence-electron chi connectivity index (χ2n) is 9.47. The molecule has 2 heterocycles. The highest BCUT2D eigenvalue weighted by atomic mass is 35.5. The van der Waals surface area contributed by atoms with Crippen LogP contribution in [-0.4, -0.2) is 44.4 Å². The first kappa shape index (κ1) is 27.3. The molecule has 0 bridgehead atoms. The van der Waals surface area contributed by atoms with Crippen molar-refractivity contribution in [1.82, 2.24) is 4.98 Å². The van der Waals surface area contributed by atoms with E-state index >= 15 is 0 Å². The normalized spacial score (nSPS) is 15.4. The quantitative estimate of drug-likeness (QED) is 0.246. The van der Waals surface area contributed by atoms with Crippen LogP contribution < -0.4 is 19.1 Å². The first-order valence-corrected chi connectivity index (χ1v) is 13.2. The molecule has 1 aliphatic carbocycles. The number of pyridine rings is 1. The predicted octanol–water partition coefficient (Wildman–Crippen LogP) is 6.75. The SMILES string of the molecule is CN1CCOc2cc(C(=O)OC(Cc3c(Cl)cncc3Cl)c3ccc(OC(F)F)c(OCC4CC4)c3)ccc21. The van der Waals surface area contributed by atoms with E-state index in [-0.39, 0.29) is 17.9 Å². The van der Waals surface area contributed by atoms with Gasteiger partial charge in [0.25, 0.3) is 0 Å². The molecule has 0 radical (unpaired) electrons. The predicted molar refractivity (Wildman–Crippen MR) is 143 cm³/mol. The van der Waals surface area contributed by atoms with E-state index in [0.29, 0.717) is 51.6 Å². The lowest BCUT2D eigenvalue weighted by molar-refractivity contribution is -0.0515. The lowest BCUT2D eigenvalue weighted by Gasteiger charge is -2.28. The van der Waals surface area contributed by atoms with Gasteiger partial charge in [-0.1, -0.05) is 29.3 Å². The molecule has 2 aliphatic rings. The van der Waals surface area contributed by atoms with Crippen molar-refractivity contribution < 1.29 is 32.5 Å². The summed E-state index contributed by atoms with van der Waals surface area (Å²) in [6.07, 6.45) is 4.14. The molecule has 206 valence electrons. The summed E-state index contributed by atoms with van der Waals surface area (Å²) >= 11 is 12.8. The molecule has 5 rings (SSSR count). The number of carbonyl (C=O) groups is 1. The third-order valence-corrected chi connectivity index (χ3v) is 7.26. The third kappa shape index (κ3) is 6.65. The minimum Gasteiger partial charge on any atom is -0.490 e. The molecule has 1 saturated carbocycles. The molecule has 0 amide bonds. The van der Waals surface area contributed by atoms with Gasteiger partial charge < -0.3 is 23.8 Å². The fourth-order valence-corrected chi connectivity index (χ4v) is 4.77. The maximum atomic E-state index is 13.4. The van der Waals surface area contributed by atoms with Crippen molar-refractivity contribution in [3.8, 4) is 17.2 Å². The monoisotopic (exact) mass is 578 g/mol. The van der Waals surface area contributed by atoms with Gasteiger partial charge in [-0.05, 0) is 60.2 Å². The van der Waals surface area contributed by atoms with Gasteiger partial charge in [-0.3, -0.25) is 4.98 Å². The molecule has 1 fully saturated rings. The Morgan fingerprint density at radius 2 is 1.90 bits per heavy atom. The number of alkyl halides is 2. The van der Waals surface area contributed by atoms with Gasteiger partial charge in [0.2, 0.25) is 0 Å². The largest absolute Gasteiger partial charge is 0.490 e.